The Balaban J connectivity index is 1.27. The molecule has 0 radical (unpaired) electrons. The van der Waals surface area contributed by atoms with Crippen molar-refractivity contribution >= 4 is 62.6 Å². The molecule has 0 unspecified atom stereocenters. The maximum absolute atomic E-state index is 5.34. The Morgan fingerprint density at radius 3 is 0.881 bits per heavy atom. The first-order valence-corrected chi connectivity index (χ1v) is 20.5. The lowest BCUT2D eigenvalue weighted by atomic mass is 9.87. The van der Waals surface area contributed by atoms with Gasteiger partial charge in [-0.1, -0.05) is 208 Å². The number of benzene rings is 7. The summed E-state index contributed by atoms with van der Waals surface area (Å²) < 4.78 is 0. The van der Waals surface area contributed by atoms with Gasteiger partial charge in [-0.2, -0.15) is 22.7 Å². The summed E-state index contributed by atoms with van der Waals surface area (Å²) in [4.78, 5) is 2.26. The SMILES string of the molecule is CC(C)(C)c1ccc([N-]c2ccccc2[N-]c2ccccc2N(c2ccc(C(C)(C)C)cc2)c2ccccc2[N-]c2ccccc2[N-]c2ccc(C(C)(C)C)cc2)cc1. The average molecular weight is 774 g/mol. The molecular formula is C54H55N5-4. The molecular weight excluding hydrogens is 719 g/mol. The Morgan fingerprint density at radius 1 is 0.288 bits per heavy atom. The van der Waals surface area contributed by atoms with Crippen LogP contribution in [0, 0.1) is 0 Å². The second-order valence-electron chi connectivity index (χ2n) is 18.1. The van der Waals surface area contributed by atoms with Crippen LogP contribution >= 0.6 is 0 Å². The predicted molar refractivity (Wildman–Crippen MR) is 254 cm³/mol. The molecule has 7 aromatic rings. The highest BCUT2D eigenvalue weighted by atomic mass is 15.2. The maximum Gasteiger partial charge on any atom is 0.0460 e. The van der Waals surface area contributed by atoms with E-state index in [4.69, 9.17) is 21.3 Å². The molecule has 5 nitrogen and oxygen atoms in total. The van der Waals surface area contributed by atoms with E-state index < -0.39 is 0 Å². The second-order valence-corrected chi connectivity index (χ2v) is 18.1. The van der Waals surface area contributed by atoms with Gasteiger partial charge in [0.25, 0.3) is 0 Å². The number of rotatable bonds is 11. The van der Waals surface area contributed by atoms with Crippen molar-refractivity contribution < 1.29 is 0 Å². The third-order valence-electron chi connectivity index (χ3n) is 10.4. The van der Waals surface area contributed by atoms with Crippen molar-refractivity contribution in [2.24, 2.45) is 0 Å². The molecule has 0 aromatic heterocycles. The van der Waals surface area contributed by atoms with Gasteiger partial charge in [-0.3, -0.25) is 0 Å². The fraction of sp³-hybridized carbons (Fsp3) is 0.222. The van der Waals surface area contributed by atoms with E-state index in [1.807, 2.05) is 60.7 Å². The van der Waals surface area contributed by atoms with Crippen molar-refractivity contribution in [3.8, 4) is 0 Å². The zero-order valence-electron chi connectivity index (χ0n) is 35.9. The van der Waals surface area contributed by atoms with Crippen LogP contribution in [0.5, 0.6) is 0 Å². The fourth-order valence-corrected chi connectivity index (χ4v) is 6.93. The smallest absolute Gasteiger partial charge is 0.0460 e. The van der Waals surface area contributed by atoms with Crippen LogP contribution < -0.4 is 4.90 Å². The molecule has 7 aromatic carbocycles. The molecule has 0 bridgehead atoms. The molecule has 0 fully saturated rings. The van der Waals surface area contributed by atoms with Gasteiger partial charge in [-0.25, -0.2) is 0 Å². The average Bonchev–Trinajstić information content (AvgIpc) is 3.20. The van der Waals surface area contributed by atoms with E-state index >= 15 is 0 Å². The summed E-state index contributed by atoms with van der Waals surface area (Å²) in [5.41, 5.74) is 13.3. The standard InChI is InChI=1S/C54H55N5/c1-52(2,3)38-26-32-41(33-27-38)55-44-18-10-12-20-46(44)57-48-22-14-16-24-50(48)59(43-36-30-40(31-37-43)54(7,8)9)51-25-17-15-23-49(51)58-47-21-13-11-19-45(47)56-42-34-28-39(29-35-42)53(4,5)6/h10-37H,1-9H3/q-4. The molecule has 0 aliphatic rings. The molecule has 0 spiro atoms. The van der Waals surface area contributed by atoms with Gasteiger partial charge in [0.15, 0.2) is 0 Å². The molecule has 59 heavy (non-hydrogen) atoms. The third-order valence-corrected chi connectivity index (χ3v) is 10.4. The monoisotopic (exact) mass is 773 g/mol. The molecule has 0 saturated heterocycles. The van der Waals surface area contributed by atoms with Crippen molar-refractivity contribution in [3.63, 3.8) is 0 Å². The summed E-state index contributed by atoms with van der Waals surface area (Å²) in [7, 11) is 0. The lowest BCUT2D eigenvalue weighted by Gasteiger charge is -2.40. The van der Waals surface area contributed by atoms with Crippen molar-refractivity contribution in [2.75, 3.05) is 4.90 Å². The minimum atomic E-state index is 0.00436. The Morgan fingerprint density at radius 2 is 0.559 bits per heavy atom. The van der Waals surface area contributed by atoms with Gasteiger partial charge in [-0.15, -0.1) is 22.7 Å². The number of nitrogens with zero attached hydrogens (tertiary/aromatic N) is 5. The van der Waals surface area contributed by atoms with Gasteiger partial charge in [0, 0.05) is 17.1 Å². The van der Waals surface area contributed by atoms with E-state index in [0.717, 1.165) is 62.6 Å². The quantitative estimate of drug-likeness (QED) is 0.129. The van der Waals surface area contributed by atoms with Crippen LogP contribution in [-0.2, 0) is 16.2 Å². The minimum absolute atomic E-state index is 0.00436. The molecule has 5 heteroatoms. The van der Waals surface area contributed by atoms with Gasteiger partial charge >= 0.3 is 0 Å². The summed E-state index contributed by atoms with van der Waals surface area (Å²) in [5, 5.41) is 20.8. The van der Waals surface area contributed by atoms with Crippen LogP contribution in [-0.4, -0.2) is 0 Å². The predicted octanol–water partition coefficient (Wildman–Crippen LogP) is 18.4. The van der Waals surface area contributed by atoms with Crippen LogP contribution in [0.15, 0.2) is 170 Å². The van der Waals surface area contributed by atoms with Crippen molar-refractivity contribution in [1.82, 2.24) is 0 Å². The highest BCUT2D eigenvalue weighted by molar-refractivity contribution is 5.97. The lowest BCUT2D eigenvalue weighted by Crippen LogP contribution is -2.13. The zero-order valence-corrected chi connectivity index (χ0v) is 35.9. The van der Waals surface area contributed by atoms with E-state index in [-0.39, 0.29) is 16.2 Å². The van der Waals surface area contributed by atoms with E-state index in [9.17, 15) is 0 Å². The van der Waals surface area contributed by atoms with Gasteiger partial charge < -0.3 is 26.2 Å². The number of anilines is 3. The van der Waals surface area contributed by atoms with Crippen LogP contribution in [0.25, 0.3) is 21.3 Å². The molecule has 0 atom stereocenters. The molecule has 300 valence electrons. The highest BCUT2D eigenvalue weighted by Gasteiger charge is 2.18. The zero-order chi connectivity index (χ0) is 41.8. The van der Waals surface area contributed by atoms with Gasteiger partial charge in [0.05, 0.1) is 0 Å². The molecule has 0 heterocycles. The van der Waals surface area contributed by atoms with E-state index in [2.05, 4.69) is 176 Å². The molecule has 0 saturated carbocycles. The van der Waals surface area contributed by atoms with Gasteiger partial charge in [0.1, 0.15) is 0 Å². The number of hydrogen-bond donors (Lipinski definition) is 0. The minimum Gasteiger partial charge on any atom is -0.659 e. The highest BCUT2D eigenvalue weighted by Crippen LogP contribution is 2.53. The molecule has 0 aliphatic carbocycles. The molecule has 0 amide bonds. The van der Waals surface area contributed by atoms with Gasteiger partial charge in [-0.05, 0) is 57.2 Å². The summed E-state index contributed by atoms with van der Waals surface area (Å²) >= 11 is 0. The summed E-state index contributed by atoms with van der Waals surface area (Å²) in [6.07, 6.45) is 0. The van der Waals surface area contributed by atoms with Gasteiger partial charge in [0.2, 0.25) is 0 Å². The topological polar surface area (TPSA) is 59.6 Å². The fourth-order valence-electron chi connectivity index (χ4n) is 6.93. The normalized spacial score (nSPS) is 11.8. The second kappa shape index (κ2) is 16.8. The largest absolute Gasteiger partial charge is 0.659 e. The van der Waals surface area contributed by atoms with Crippen LogP contribution in [0.1, 0.15) is 79.0 Å². The molecule has 0 aliphatic heterocycles. The van der Waals surface area contributed by atoms with Crippen LogP contribution in [0.3, 0.4) is 0 Å². The summed E-state index contributed by atoms with van der Waals surface area (Å²) in [6.45, 7) is 20.1. The number of hydrogen-bond acceptors (Lipinski definition) is 1. The Hall–Kier alpha value is -6.46. The molecule has 7 rings (SSSR count). The first-order chi connectivity index (χ1) is 28.1. The Bertz CT molecular complexity index is 2330. The summed E-state index contributed by atoms with van der Waals surface area (Å²) in [6, 6.07) is 58.6. The van der Waals surface area contributed by atoms with E-state index in [1.165, 1.54) is 16.7 Å². The van der Waals surface area contributed by atoms with Crippen LogP contribution in [0.2, 0.25) is 0 Å². The lowest BCUT2D eigenvalue weighted by molar-refractivity contribution is 0.590. The number of para-hydroxylation sites is 8. The first-order valence-electron chi connectivity index (χ1n) is 20.5. The van der Waals surface area contributed by atoms with E-state index in [1.54, 1.807) is 0 Å². The van der Waals surface area contributed by atoms with Crippen molar-refractivity contribution in [1.29, 1.82) is 0 Å². The van der Waals surface area contributed by atoms with Crippen molar-refractivity contribution in [2.45, 2.75) is 78.6 Å². The maximum atomic E-state index is 5.34. The Kier molecular flexibility index (Phi) is 11.6. The third kappa shape index (κ3) is 9.81. The molecule has 0 N–H and O–H groups in total. The van der Waals surface area contributed by atoms with E-state index in [0.29, 0.717) is 0 Å². The summed E-state index contributed by atoms with van der Waals surface area (Å²) in [5.74, 6) is 0. The first kappa shape index (κ1) is 40.7. The van der Waals surface area contributed by atoms with Crippen LogP contribution in [0.4, 0.5) is 62.6 Å². The Labute approximate surface area is 352 Å². The van der Waals surface area contributed by atoms with Crippen molar-refractivity contribution in [3.05, 3.63) is 208 Å².